The van der Waals surface area contributed by atoms with Crippen LogP contribution in [0.15, 0.2) is 42.7 Å². The molecule has 0 aliphatic carbocycles. The number of anilines is 1. The Kier molecular flexibility index (Phi) is 2.94. The van der Waals surface area contributed by atoms with Gasteiger partial charge < -0.3 is 14.6 Å². The lowest BCUT2D eigenvalue weighted by molar-refractivity contribution is -0.110. The molecule has 23 heavy (non-hydrogen) atoms. The molecule has 0 spiro atoms. The molecule has 5 heteroatoms. The van der Waals surface area contributed by atoms with E-state index in [0.29, 0.717) is 11.5 Å². The molecule has 4 rings (SSSR count). The van der Waals surface area contributed by atoms with Crippen molar-refractivity contribution >= 4 is 34.1 Å². The maximum Gasteiger partial charge on any atom is 0.256 e. The third-order valence-electron chi connectivity index (χ3n) is 4.10. The van der Waals surface area contributed by atoms with Crippen LogP contribution in [-0.4, -0.2) is 22.6 Å². The normalized spacial score (nSPS) is 15.0. The van der Waals surface area contributed by atoms with Gasteiger partial charge in [-0.1, -0.05) is 18.2 Å². The van der Waals surface area contributed by atoms with Gasteiger partial charge in [-0.2, -0.15) is 0 Å². The Morgan fingerprint density at radius 2 is 2.09 bits per heavy atom. The van der Waals surface area contributed by atoms with Crippen LogP contribution in [0.2, 0.25) is 0 Å². The second-order valence-electron chi connectivity index (χ2n) is 5.47. The minimum atomic E-state index is -0.0916. The maximum absolute atomic E-state index is 12.3. The smallest absolute Gasteiger partial charge is 0.256 e. The molecule has 1 aliphatic heterocycles. The second-order valence-corrected chi connectivity index (χ2v) is 5.47. The molecule has 0 atom stereocenters. The highest BCUT2D eigenvalue weighted by molar-refractivity contribution is 6.35. The molecule has 0 radical (unpaired) electrons. The fourth-order valence-corrected chi connectivity index (χ4v) is 3.04. The monoisotopic (exact) mass is 305 g/mol. The Hall–Kier alpha value is -3.08. The van der Waals surface area contributed by atoms with Crippen LogP contribution in [0.1, 0.15) is 11.1 Å². The van der Waals surface area contributed by atoms with Crippen molar-refractivity contribution < 1.29 is 9.53 Å². The average molecular weight is 305 g/mol. The fourth-order valence-electron chi connectivity index (χ4n) is 3.04. The number of benzene rings is 1. The van der Waals surface area contributed by atoms with E-state index in [1.807, 2.05) is 54.2 Å². The lowest BCUT2D eigenvalue weighted by atomic mass is 10.0. The van der Waals surface area contributed by atoms with E-state index in [1.54, 1.807) is 13.3 Å². The van der Waals surface area contributed by atoms with Crippen LogP contribution in [0, 0.1) is 0 Å². The van der Waals surface area contributed by atoms with Crippen LogP contribution in [0.4, 0.5) is 5.69 Å². The number of hydrogen-bond acceptors (Lipinski definition) is 3. The van der Waals surface area contributed by atoms with Gasteiger partial charge in [0.1, 0.15) is 0 Å². The summed E-state index contributed by atoms with van der Waals surface area (Å²) in [6, 6.07) is 9.62. The predicted octanol–water partition coefficient (Wildman–Crippen LogP) is 3.07. The van der Waals surface area contributed by atoms with E-state index in [9.17, 15) is 4.79 Å². The van der Waals surface area contributed by atoms with E-state index >= 15 is 0 Å². The molecular formula is C18H15N3O2. The van der Waals surface area contributed by atoms with Gasteiger partial charge in [-0.05, 0) is 18.2 Å². The summed E-state index contributed by atoms with van der Waals surface area (Å²) in [5, 5.41) is 3.80. The molecule has 114 valence electrons. The van der Waals surface area contributed by atoms with Crippen molar-refractivity contribution in [3.63, 3.8) is 0 Å². The summed E-state index contributed by atoms with van der Waals surface area (Å²) in [6.07, 6.45) is 5.60. The number of amides is 1. The van der Waals surface area contributed by atoms with E-state index in [1.165, 1.54) is 0 Å². The number of nitrogens with one attached hydrogen (secondary N) is 1. The molecule has 0 fully saturated rings. The zero-order chi connectivity index (χ0) is 16.0. The highest BCUT2D eigenvalue weighted by Crippen LogP contribution is 2.35. The van der Waals surface area contributed by atoms with Crippen LogP contribution in [0.25, 0.3) is 22.6 Å². The quantitative estimate of drug-likeness (QED) is 0.740. The molecule has 0 saturated carbocycles. The zero-order valence-corrected chi connectivity index (χ0v) is 12.8. The molecule has 5 nitrogen and oxygen atoms in total. The topological polar surface area (TPSA) is 56.1 Å². The number of aromatic nitrogens is 2. The lowest BCUT2D eigenvalue weighted by Gasteiger charge is -2.02. The number of para-hydroxylation sites is 1. The third-order valence-corrected chi connectivity index (χ3v) is 4.10. The number of aryl methyl sites for hydroxylation is 1. The minimum Gasteiger partial charge on any atom is -0.480 e. The largest absolute Gasteiger partial charge is 0.480 e. The molecule has 1 N–H and O–H groups in total. The van der Waals surface area contributed by atoms with Gasteiger partial charge >= 0.3 is 0 Å². The van der Waals surface area contributed by atoms with E-state index < -0.39 is 0 Å². The number of ether oxygens (including phenoxy) is 1. The summed E-state index contributed by atoms with van der Waals surface area (Å²) in [7, 11) is 3.57. The Morgan fingerprint density at radius 1 is 1.26 bits per heavy atom. The molecule has 1 amide bonds. The van der Waals surface area contributed by atoms with Crippen LogP contribution < -0.4 is 10.1 Å². The summed E-state index contributed by atoms with van der Waals surface area (Å²) in [5.41, 5.74) is 4.33. The van der Waals surface area contributed by atoms with Crippen molar-refractivity contribution in [2.24, 2.45) is 7.05 Å². The van der Waals surface area contributed by atoms with Gasteiger partial charge in [0.25, 0.3) is 5.91 Å². The maximum atomic E-state index is 12.3. The first-order valence-corrected chi connectivity index (χ1v) is 7.29. The first kappa shape index (κ1) is 13.6. The first-order valence-electron chi connectivity index (χ1n) is 7.29. The fraction of sp³-hybridized carbons (Fsp3) is 0.111. The van der Waals surface area contributed by atoms with E-state index in [2.05, 4.69) is 10.3 Å². The van der Waals surface area contributed by atoms with Gasteiger partial charge in [-0.25, -0.2) is 4.98 Å². The molecule has 0 saturated heterocycles. The summed E-state index contributed by atoms with van der Waals surface area (Å²) in [6.45, 7) is 0. The standard InChI is InChI=1S/C18H15N3O2/c1-21-10-11(16-15(21)7-8-19-18(16)23-2)9-13-12-5-3-4-6-14(12)20-17(13)22/h3-10H,1-2H3,(H,20,22). The van der Waals surface area contributed by atoms with Crippen LogP contribution >= 0.6 is 0 Å². The van der Waals surface area contributed by atoms with Gasteiger partial charge in [0.15, 0.2) is 0 Å². The number of carbonyl (C=O) groups excluding carboxylic acids is 1. The highest BCUT2D eigenvalue weighted by Gasteiger charge is 2.24. The number of hydrogen-bond donors (Lipinski definition) is 1. The summed E-state index contributed by atoms with van der Waals surface area (Å²) < 4.78 is 7.39. The third kappa shape index (κ3) is 2.01. The van der Waals surface area contributed by atoms with Crippen molar-refractivity contribution in [3.8, 4) is 5.88 Å². The minimum absolute atomic E-state index is 0.0916. The zero-order valence-electron chi connectivity index (χ0n) is 12.8. The van der Waals surface area contributed by atoms with E-state index in [4.69, 9.17) is 4.74 Å². The SMILES string of the molecule is COc1nccc2c1c(C=C1C(=O)Nc3ccccc31)cn2C. The Morgan fingerprint density at radius 3 is 2.91 bits per heavy atom. The van der Waals surface area contributed by atoms with Gasteiger partial charge in [0.2, 0.25) is 5.88 Å². The number of carbonyl (C=O) groups is 1. The van der Waals surface area contributed by atoms with Crippen molar-refractivity contribution in [1.82, 2.24) is 9.55 Å². The number of pyridine rings is 1. The van der Waals surface area contributed by atoms with Crippen molar-refractivity contribution in [2.45, 2.75) is 0 Å². The summed E-state index contributed by atoms with van der Waals surface area (Å²) >= 11 is 0. The van der Waals surface area contributed by atoms with Crippen LogP contribution in [0.3, 0.4) is 0 Å². The molecule has 1 aliphatic rings. The van der Waals surface area contributed by atoms with E-state index in [0.717, 1.165) is 27.7 Å². The Labute approximate surface area is 133 Å². The average Bonchev–Trinajstić information content (AvgIpc) is 3.06. The molecule has 2 aromatic heterocycles. The highest BCUT2D eigenvalue weighted by atomic mass is 16.5. The molecule has 3 aromatic rings. The molecule has 1 aromatic carbocycles. The lowest BCUT2D eigenvalue weighted by Crippen LogP contribution is -2.03. The summed E-state index contributed by atoms with van der Waals surface area (Å²) in [4.78, 5) is 16.6. The number of rotatable bonds is 2. The van der Waals surface area contributed by atoms with Crippen LogP contribution in [0.5, 0.6) is 5.88 Å². The van der Waals surface area contributed by atoms with Gasteiger partial charge in [-0.3, -0.25) is 4.79 Å². The first-order chi connectivity index (χ1) is 11.2. The van der Waals surface area contributed by atoms with Gasteiger partial charge in [0.05, 0.1) is 18.0 Å². The van der Waals surface area contributed by atoms with Crippen molar-refractivity contribution in [2.75, 3.05) is 12.4 Å². The molecular weight excluding hydrogens is 290 g/mol. The summed E-state index contributed by atoms with van der Waals surface area (Å²) in [5.74, 6) is 0.465. The second kappa shape index (κ2) is 4.98. The Balaban J connectivity index is 1.96. The molecule has 0 bridgehead atoms. The van der Waals surface area contributed by atoms with Crippen molar-refractivity contribution in [3.05, 3.63) is 53.9 Å². The number of nitrogens with zero attached hydrogens (tertiary/aromatic N) is 2. The number of fused-ring (bicyclic) bond motifs is 2. The van der Waals surface area contributed by atoms with Crippen molar-refractivity contribution in [1.29, 1.82) is 0 Å². The number of methoxy groups -OCH3 is 1. The Bertz CT molecular complexity index is 970. The van der Waals surface area contributed by atoms with E-state index in [-0.39, 0.29) is 5.91 Å². The van der Waals surface area contributed by atoms with Crippen LogP contribution in [-0.2, 0) is 11.8 Å². The molecule has 0 unspecified atom stereocenters. The molecule has 3 heterocycles. The predicted molar refractivity (Wildman–Crippen MR) is 90.2 cm³/mol. The van der Waals surface area contributed by atoms with Gasteiger partial charge in [0, 0.05) is 41.8 Å². The van der Waals surface area contributed by atoms with Gasteiger partial charge in [-0.15, -0.1) is 0 Å².